The quantitative estimate of drug-likeness (QED) is 0.809. The van der Waals surface area contributed by atoms with E-state index in [9.17, 15) is 13.2 Å². The third-order valence-corrected chi connectivity index (χ3v) is 2.07. The van der Waals surface area contributed by atoms with Gasteiger partial charge in [-0.05, 0) is 11.6 Å². The van der Waals surface area contributed by atoms with Gasteiger partial charge in [0.15, 0.2) is 0 Å². The van der Waals surface area contributed by atoms with Crippen LogP contribution in [0.15, 0.2) is 42.0 Å². The monoisotopic (exact) mass is 246 g/mol. The first-order chi connectivity index (χ1) is 8.04. The van der Waals surface area contributed by atoms with Crippen molar-refractivity contribution in [3.05, 3.63) is 47.5 Å². The van der Waals surface area contributed by atoms with Crippen LogP contribution in [0.4, 0.5) is 13.2 Å². The van der Waals surface area contributed by atoms with Crippen molar-refractivity contribution in [2.75, 3.05) is 13.2 Å². The van der Waals surface area contributed by atoms with E-state index in [0.29, 0.717) is 6.08 Å². The highest BCUT2D eigenvalue weighted by Crippen LogP contribution is 2.25. The Morgan fingerprint density at radius 1 is 1.24 bits per heavy atom. The summed E-state index contributed by atoms with van der Waals surface area (Å²) in [4.78, 5) is 0. The van der Waals surface area contributed by atoms with E-state index in [1.807, 2.05) is 6.07 Å². The number of halogens is 3. The molecule has 0 saturated carbocycles. The molecule has 0 heterocycles. The molecule has 0 atom stereocenters. The zero-order valence-corrected chi connectivity index (χ0v) is 9.07. The molecule has 1 aromatic carbocycles. The van der Waals surface area contributed by atoms with Crippen molar-refractivity contribution in [3.8, 4) is 0 Å². The Morgan fingerprint density at radius 2 is 1.88 bits per heavy atom. The van der Waals surface area contributed by atoms with Crippen molar-refractivity contribution in [1.29, 1.82) is 0 Å². The van der Waals surface area contributed by atoms with Crippen LogP contribution in [-0.4, -0.2) is 24.5 Å². The molecular weight excluding hydrogens is 233 g/mol. The van der Waals surface area contributed by atoms with E-state index in [2.05, 4.69) is 0 Å². The van der Waals surface area contributed by atoms with Gasteiger partial charge in [-0.2, -0.15) is 13.2 Å². The molecule has 1 rings (SSSR count). The number of aliphatic hydroxyl groups excluding tert-OH is 1. The van der Waals surface area contributed by atoms with E-state index in [1.54, 1.807) is 24.3 Å². The number of aliphatic hydroxyl groups is 1. The first kappa shape index (κ1) is 13.7. The van der Waals surface area contributed by atoms with Gasteiger partial charge in [-0.25, -0.2) is 0 Å². The maximum Gasteiger partial charge on any atom is 0.414 e. The van der Waals surface area contributed by atoms with Gasteiger partial charge in [-0.1, -0.05) is 30.3 Å². The SMILES string of the molecule is OC/C=C(\COCc1ccccc1)C(F)(F)F. The van der Waals surface area contributed by atoms with Crippen molar-refractivity contribution in [2.45, 2.75) is 12.8 Å². The molecule has 94 valence electrons. The van der Waals surface area contributed by atoms with Crippen molar-refractivity contribution in [3.63, 3.8) is 0 Å². The second-order valence-corrected chi connectivity index (χ2v) is 3.39. The molecule has 0 fully saturated rings. The minimum absolute atomic E-state index is 0.111. The molecule has 0 unspecified atom stereocenters. The van der Waals surface area contributed by atoms with Crippen LogP contribution in [-0.2, 0) is 11.3 Å². The maximum atomic E-state index is 12.4. The summed E-state index contributed by atoms with van der Waals surface area (Å²) in [5.41, 5.74) is -0.0612. The van der Waals surface area contributed by atoms with Gasteiger partial charge < -0.3 is 9.84 Å². The normalized spacial score (nSPS) is 12.8. The summed E-state index contributed by atoms with van der Waals surface area (Å²) in [7, 11) is 0. The molecule has 0 radical (unpaired) electrons. The fraction of sp³-hybridized carbons (Fsp3) is 0.333. The highest BCUT2D eigenvalue weighted by molar-refractivity contribution is 5.14. The molecule has 0 bridgehead atoms. The molecular formula is C12H13F3O2. The molecule has 17 heavy (non-hydrogen) atoms. The second-order valence-electron chi connectivity index (χ2n) is 3.39. The molecule has 5 heteroatoms. The first-order valence-electron chi connectivity index (χ1n) is 5.03. The molecule has 0 spiro atoms. The van der Waals surface area contributed by atoms with Crippen LogP contribution in [0.1, 0.15) is 5.56 Å². The van der Waals surface area contributed by atoms with E-state index >= 15 is 0 Å². The molecule has 0 aromatic heterocycles. The van der Waals surface area contributed by atoms with Crippen LogP contribution >= 0.6 is 0 Å². The van der Waals surface area contributed by atoms with E-state index in [-0.39, 0.29) is 6.61 Å². The number of hydrogen-bond donors (Lipinski definition) is 1. The largest absolute Gasteiger partial charge is 0.414 e. The number of hydrogen-bond acceptors (Lipinski definition) is 2. The summed E-state index contributed by atoms with van der Waals surface area (Å²) in [6, 6.07) is 8.92. The Morgan fingerprint density at radius 3 is 2.41 bits per heavy atom. The summed E-state index contributed by atoms with van der Waals surface area (Å²) < 4.78 is 42.1. The lowest BCUT2D eigenvalue weighted by Crippen LogP contribution is -2.17. The summed E-state index contributed by atoms with van der Waals surface area (Å²) in [6.07, 6.45) is -3.75. The number of rotatable bonds is 5. The molecule has 1 aromatic rings. The Labute approximate surface area is 97.3 Å². The van der Waals surface area contributed by atoms with Gasteiger partial charge in [-0.3, -0.25) is 0 Å². The summed E-state index contributed by atoms with van der Waals surface area (Å²) >= 11 is 0. The Balaban J connectivity index is 2.46. The lowest BCUT2D eigenvalue weighted by Gasteiger charge is -2.12. The highest BCUT2D eigenvalue weighted by Gasteiger charge is 2.33. The highest BCUT2D eigenvalue weighted by atomic mass is 19.4. The zero-order valence-electron chi connectivity index (χ0n) is 9.07. The fourth-order valence-corrected chi connectivity index (χ4v) is 1.22. The molecule has 0 amide bonds. The second kappa shape index (κ2) is 6.42. The molecule has 0 aliphatic heterocycles. The van der Waals surface area contributed by atoms with Gasteiger partial charge in [0.1, 0.15) is 0 Å². The Hall–Kier alpha value is -1.33. The Kier molecular flexibility index (Phi) is 5.18. The first-order valence-corrected chi connectivity index (χ1v) is 5.03. The molecule has 2 nitrogen and oxygen atoms in total. The number of benzene rings is 1. The van der Waals surface area contributed by atoms with Gasteiger partial charge in [0, 0.05) is 0 Å². The minimum atomic E-state index is -4.46. The van der Waals surface area contributed by atoms with Crippen LogP contribution in [0, 0.1) is 0 Å². The third kappa shape index (κ3) is 5.01. The van der Waals surface area contributed by atoms with Crippen LogP contribution < -0.4 is 0 Å². The summed E-state index contributed by atoms with van der Waals surface area (Å²) in [5.74, 6) is 0. The van der Waals surface area contributed by atoms with Crippen molar-refractivity contribution in [1.82, 2.24) is 0 Å². The summed E-state index contributed by atoms with van der Waals surface area (Å²) in [5, 5.41) is 8.48. The molecule has 0 saturated heterocycles. The molecule has 1 N–H and O–H groups in total. The number of alkyl halides is 3. The summed E-state index contributed by atoms with van der Waals surface area (Å²) in [6.45, 7) is -1.10. The minimum Gasteiger partial charge on any atom is -0.392 e. The van der Waals surface area contributed by atoms with Gasteiger partial charge in [0.25, 0.3) is 0 Å². The predicted octanol–water partition coefficient (Wildman–Crippen LogP) is 2.68. The zero-order chi connectivity index (χ0) is 12.7. The van der Waals surface area contributed by atoms with Crippen LogP contribution in [0.5, 0.6) is 0 Å². The van der Waals surface area contributed by atoms with Crippen LogP contribution in [0.25, 0.3) is 0 Å². The van der Waals surface area contributed by atoms with E-state index in [1.165, 1.54) is 0 Å². The van der Waals surface area contributed by atoms with E-state index in [0.717, 1.165) is 5.56 Å². The predicted molar refractivity (Wildman–Crippen MR) is 57.3 cm³/mol. The Bertz CT molecular complexity index is 358. The van der Waals surface area contributed by atoms with Gasteiger partial charge in [0.05, 0.1) is 25.4 Å². The van der Waals surface area contributed by atoms with E-state index < -0.39 is 25.0 Å². The smallest absolute Gasteiger partial charge is 0.392 e. The average Bonchev–Trinajstić information content (AvgIpc) is 2.28. The van der Waals surface area contributed by atoms with E-state index in [4.69, 9.17) is 9.84 Å². The van der Waals surface area contributed by atoms with Crippen LogP contribution in [0.3, 0.4) is 0 Å². The van der Waals surface area contributed by atoms with Gasteiger partial charge >= 0.3 is 6.18 Å². The fourth-order valence-electron chi connectivity index (χ4n) is 1.22. The average molecular weight is 246 g/mol. The van der Waals surface area contributed by atoms with Crippen molar-refractivity contribution in [2.24, 2.45) is 0 Å². The van der Waals surface area contributed by atoms with Crippen LogP contribution in [0.2, 0.25) is 0 Å². The topological polar surface area (TPSA) is 29.5 Å². The standard InChI is InChI=1S/C12H13F3O2/c13-12(14,15)11(6-7-16)9-17-8-10-4-2-1-3-5-10/h1-6,16H,7-9H2/b11-6+. The van der Waals surface area contributed by atoms with Crippen molar-refractivity contribution < 1.29 is 23.0 Å². The lowest BCUT2D eigenvalue weighted by atomic mass is 10.2. The molecule has 0 aliphatic rings. The lowest BCUT2D eigenvalue weighted by molar-refractivity contribution is -0.102. The van der Waals surface area contributed by atoms with Crippen molar-refractivity contribution >= 4 is 0 Å². The number of ether oxygens (including phenoxy) is 1. The van der Waals surface area contributed by atoms with Gasteiger partial charge in [-0.15, -0.1) is 0 Å². The molecule has 0 aliphatic carbocycles. The maximum absolute atomic E-state index is 12.4. The third-order valence-electron chi connectivity index (χ3n) is 2.07. The van der Waals surface area contributed by atoms with Gasteiger partial charge in [0.2, 0.25) is 0 Å².